The third-order valence-electron chi connectivity index (χ3n) is 4.47. The second-order valence-electron chi connectivity index (χ2n) is 6.22. The number of methoxy groups -OCH3 is 2. The first-order valence-corrected chi connectivity index (χ1v) is 9.82. The highest BCUT2D eigenvalue weighted by molar-refractivity contribution is 7.17. The van der Waals surface area contributed by atoms with Gasteiger partial charge in [-0.15, -0.1) is 11.3 Å². The average Bonchev–Trinajstić information content (AvgIpc) is 3.13. The van der Waals surface area contributed by atoms with Gasteiger partial charge in [0.1, 0.15) is 10.7 Å². The monoisotopic (exact) mass is 412 g/mol. The van der Waals surface area contributed by atoms with Crippen LogP contribution in [0, 0.1) is 0 Å². The van der Waals surface area contributed by atoms with Crippen LogP contribution in [0.25, 0.3) is 21.3 Å². The molecule has 0 aliphatic rings. The molecule has 0 unspecified atom stereocenters. The number of hydrogen-bond acceptors (Lipinski definition) is 5. The van der Waals surface area contributed by atoms with Crippen LogP contribution >= 0.6 is 22.9 Å². The molecule has 0 aliphatic carbocycles. The van der Waals surface area contributed by atoms with Crippen molar-refractivity contribution >= 4 is 33.2 Å². The van der Waals surface area contributed by atoms with E-state index in [4.69, 9.17) is 21.1 Å². The average molecular weight is 413 g/mol. The fraction of sp³-hybridized carbons (Fsp3) is 0.143. The highest BCUT2D eigenvalue weighted by atomic mass is 35.5. The summed E-state index contributed by atoms with van der Waals surface area (Å²) in [4.78, 5) is 21.1. The predicted molar refractivity (Wildman–Crippen MR) is 113 cm³/mol. The number of hydrogen-bond donors (Lipinski definition) is 1. The van der Waals surface area contributed by atoms with Crippen LogP contribution in [0.15, 0.2) is 52.6 Å². The van der Waals surface area contributed by atoms with Crippen LogP contribution in [-0.2, 0) is 6.42 Å². The largest absolute Gasteiger partial charge is 0.493 e. The van der Waals surface area contributed by atoms with E-state index >= 15 is 0 Å². The summed E-state index contributed by atoms with van der Waals surface area (Å²) in [5.41, 5.74) is 2.62. The molecular formula is C21H17ClN2O3S. The van der Waals surface area contributed by atoms with Crippen LogP contribution in [-0.4, -0.2) is 24.2 Å². The highest BCUT2D eigenvalue weighted by Crippen LogP contribution is 2.32. The molecule has 2 aromatic heterocycles. The molecule has 0 bridgehead atoms. The summed E-state index contributed by atoms with van der Waals surface area (Å²) in [7, 11) is 3.19. The van der Waals surface area contributed by atoms with Crippen LogP contribution in [0.2, 0.25) is 5.02 Å². The van der Waals surface area contributed by atoms with Crippen LogP contribution < -0.4 is 15.0 Å². The van der Waals surface area contributed by atoms with Crippen molar-refractivity contribution in [3.05, 3.63) is 74.6 Å². The number of nitrogens with zero attached hydrogens (tertiary/aromatic N) is 1. The quantitative estimate of drug-likeness (QED) is 0.505. The standard InChI is InChI=1S/C21H17ClN2O3S/c1-26-16-8-3-12(9-17(16)27-2)10-18-23-20(25)19-15(11-28-21(19)24-18)13-4-6-14(22)7-5-13/h3-9,11H,10H2,1-2H3,(H,23,24,25). The minimum absolute atomic E-state index is 0.147. The minimum atomic E-state index is -0.147. The normalized spacial score (nSPS) is 11.0. The van der Waals surface area contributed by atoms with Crippen LogP contribution in [0.4, 0.5) is 0 Å². The second-order valence-corrected chi connectivity index (χ2v) is 7.51. The van der Waals surface area contributed by atoms with Crippen molar-refractivity contribution in [3.63, 3.8) is 0 Å². The smallest absolute Gasteiger partial charge is 0.260 e. The summed E-state index contributed by atoms with van der Waals surface area (Å²) in [5, 5.41) is 3.21. The highest BCUT2D eigenvalue weighted by Gasteiger charge is 2.14. The van der Waals surface area contributed by atoms with E-state index in [0.717, 1.165) is 16.7 Å². The minimum Gasteiger partial charge on any atom is -0.493 e. The van der Waals surface area contributed by atoms with Crippen molar-refractivity contribution < 1.29 is 9.47 Å². The Bertz CT molecular complexity index is 1200. The van der Waals surface area contributed by atoms with Crippen molar-refractivity contribution in [2.24, 2.45) is 0 Å². The zero-order valence-corrected chi connectivity index (χ0v) is 16.9. The molecule has 142 valence electrons. The molecule has 0 spiro atoms. The van der Waals surface area contributed by atoms with E-state index in [1.807, 2.05) is 47.8 Å². The summed E-state index contributed by atoms with van der Waals surface area (Å²) in [5.74, 6) is 1.91. The molecule has 0 amide bonds. The van der Waals surface area contributed by atoms with E-state index in [1.165, 1.54) is 11.3 Å². The lowest BCUT2D eigenvalue weighted by atomic mass is 10.1. The number of fused-ring (bicyclic) bond motifs is 1. The Labute approximate surface area is 170 Å². The Morgan fingerprint density at radius 2 is 1.82 bits per heavy atom. The number of ether oxygens (including phenoxy) is 2. The van der Waals surface area contributed by atoms with Gasteiger partial charge in [0, 0.05) is 22.4 Å². The van der Waals surface area contributed by atoms with Crippen LogP contribution in [0.3, 0.4) is 0 Å². The fourth-order valence-electron chi connectivity index (χ4n) is 3.10. The Morgan fingerprint density at radius 3 is 2.54 bits per heavy atom. The first-order valence-electron chi connectivity index (χ1n) is 8.56. The van der Waals surface area contributed by atoms with Crippen molar-refractivity contribution in [1.29, 1.82) is 0 Å². The number of thiophene rings is 1. The SMILES string of the molecule is COc1ccc(Cc2nc3scc(-c4ccc(Cl)cc4)c3c(=O)[nH]2)cc1OC. The fourth-order valence-corrected chi connectivity index (χ4v) is 4.20. The maximum atomic E-state index is 12.8. The number of H-pyrrole nitrogens is 1. The molecule has 5 nitrogen and oxygen atoms in total. The van der Waals surface area contributed by atoms with E-state index < -0.39 is 0 Å². The lowest BCUT2D eigenvalue weighted by molar-refractivity contribution is 0.354. The van der Waals surface area contributed by atoms with Gasteiger partial charge in [-0.1, -0.05) is 29.8 Å². The second kappa shape index (κ2) is 7.66. The molecule has 0 radical (unpaired) electrons. The Balaban J connectivity index is 1.71. The summed E-state index contributed by atoms with van der Waals surface area (Å²) < 4.78 is 10.6. The first kappa shape index (κ1) is 18.5. The van der Waals surface area contributed by atoms with E-state index in [9.17, 15) is 4.79 Å². The van der Waals surface area contributed by atoms with E-state index in [1.54, 1.807) is 14.2 Å². The third-order valence-corrected chi connectivity index (χ3v) is 5.59. The van der Waals surface area contributed by atoms with Gasteiger partial charge >= 0.3 is 0 Å². The summed E-state index contributed by atoms with van der Waals surface area (Å²) in [6.07, 6.45) is 0.486. The molecule has 0 fully saturated rings. The molecule has 0 saturated carbocycles. The topological polar surface area (TPSA) is 64.2 Å². The molecular weight excluding hydrogens is 396 g/mol. The lowest BCUT2D eigenvalue weighted by Gasteiger charge is -2.09. The zero-order valence-electron chi connectivity index (χ0n) is 15.3. The van der Waals surface area contributed by atoms with Gasteiger partial charge < -0.3 is 14.5 Å². The van der Waals surface area contributed by atoms with E-state index in [2.05, 4.69) is 9.97 Å². The van der Waals surface area contributed by atoms with Crippen molar-refractivity contribution in [2.75, 3.05) is 14.2 Å². The van der Waals surface area contributed by atoms with E-state index in [-0.39, 0.29) is 5.56 Å². The molecule has 28 heavy (non-hydrogen) atoms. The molecule has 0 aliphatic heterocycles. The maximum absolute atomic E-state index is 12.8. The van der Waals surface area contributed by atoms with Crippen LogP contribution in [0.1, 0.15) is 11.4 Å². The molecule has 4 rings (SSSR count). The zero-order chi connectivity index (χ0) is 19.7. The van der Waals surface area contributed by atoms with Gasteiger partial charge in [-0.25, -0.2) is 4.98 Å². The Morgan fingerprint density at radius 1 is 1.07 bits per heavy atom. The van der Waals surface area contributed by atoms with Crippen molar-refractivity contribution in [2.45, 2.75) is 6.42 Å². The number of aromatic amines is 1. The number of rotatable bonds is 5. The maximum Gasteiger partial charge on any atom is 0.260 e. The van der Waals surface area contributed by atoms with Gasteiger partial charge in [0.15, 0.2) is 11.5 Å². The van der Waals surface area contributed by atoms with Gasteiger partial charge in [0.05, 0.1) is 19.6 Å². The number of nitrogens with one attached hydrogen (secondary N) is 1. The van der Waals surface area contributed by atoms with Gasteiger partial charge in [0.2, 0.25) is 0 Å². The van der Waals surface area contributed by atoms with Crippen molar-refractivity contribution in [1.82, 2.24) is 9.97 Å². The molecule has 1 N–H and O–H groups in total. The van der Waals surface area contributed by atoms with Gasteiger partial charge in [-0.05, 0) is 35.4 Å². The molecule has 4 aromatic rings. The first-order chi connectivity index (χ1) is 13.6. The van der Waals surface area contributed by atoms with Gasteiger partial charge in [0.25, 0.3) is 5.56 Å². The predicted octanol–water partition coefficient (Wildman–Crippen LogP) is 4.91. The molecule has 0 saturated heterocycles. The molecule has 0 atom stereocenters. The summed E-state index contributed by atoms with van der Waals surface area (Å²) >= 11 is 7.42. The molecule has 2 heterocycles. The third kappa shape index (κ3) is 3.48. The van der Waals surface area contributed by atoms with Gasteiger partial charge in [-0.2, -0.15) is 0 Å². The van der Waals surface area contributed by atoms with Crippen LogP contribution in [0.5, 0.6) is 11.5 Å². The van der Waals surface area contributed by atoms with Crippen molar-refractivity contribution in [3.8, 4) is 22.6 Å². The Kier molecular flexibility index (Phi) is 5.07. The number of aromatic nitrogens is 2. The lowest BCUT2D eigenvalue weighted by Crippen LogP contribution is -2.11. The summed E-state index contributed by atoms with van der Waals surface area (Å²) in [6.45, 7) is 0. The number of halogens is 1. The van der Waals surface area contributed by atoms with E-state index in [0.29, 0.717) is 39.0 Å². The molecule has 2 aromatic carbocycles. The Hall–Kier alpha value is -2.83. The van der Waals surface area contributed by atoms with Gasteiger partial charge in [-0.3, -0.25) is 4.79 Å². The molecule has 7 heteroatoms. The number of benzene rings is 2. The summed E-state index contributed by atoms with van der Waals surface area (Å²) in [6, 6.07) is 13.1.